The van der Waals surface area contributed by atoms with Crippen LogP contribution in [0.4, 0.5) is 0 Å². The van der Waals surface area contributed by atoms with Crippen molar-refractivity contribution in [3.63, 3.8) is 0 Å². The monoisotopic (exact) mass is 577 g/mol. The van der Waals surface area contributed by atoms with E-state index >= 15 is 0 Å². The molecule has 0 saturated heterocycles. The number of fused-ring (bicyclic) bond motifs is 1. The van der Waals surface area contributed by atoms with Gasteiger partial charge < -0.3 is 14.4 Å². The zero-order valence-electron chi connectivity index (χ0n) is 23.4. The molecular weight excluding hydrogens is 542 g/mol. The van der Waals surface area contributed by atoms with Crippen molar-refractivity contribution in [2.45, 2.75) is 57.4 Å². The van der Waals surface area contributed by atoms with E-state index in [9.17, 15) is 13.2 Å². The maximum atomic E-state index is 13.6. The van der Waals surface area contributed by atoms with Gasteiger partial charge >= 0.3 is 0 Å². The van der Waals surface area contributed by atoms with Gasteiger partial charge in [0, 0.05) is 62.0 Å². The van der Waals surface area contributed by atoms with Gasteiger partial charge in [-0.25, -0.2) is 8.42 Å². The number of benzene rings is 1. The van der Waals surface area contributed by atoms with E-state index in [-0.39, 0.29) is 23.3 Å². The van der Waals surface area contributed by atoms with Crippen molar-refractivity contribution in [1.82, 2.24) is 34.5 Å². The van der Waals surface area contributed by atoms with Gasteiger partial charge in [-0.1, -0.05) is 23.4 Å². The highest BCUT2D eigenvalue weighted by Gasteiger charge is 2.28. The lowest BCUT2D eigenvalue weighted by atomic mass is 9.98. The number of pyridine rings is 1. The summed E-state index contributed by atoms with van der Waals surface area (Å²) in [6.07, 6.45) is 6.13. The third-order valence-corrected chi connectivity index (χ3v) is 9.51. The Morgan fingerprint density at radius 2 is 1.88 bits per heavy atom. The van der Waals surface area contributed by atoms with Gasteiger partial charge in [0.2, 0.25) is 15.9 Å². The molecule has 1 amide bonds. The fraction of sp³-hybridized carbons (Fsp3) is 0.414. The standard InChI is InChI=1S/C29H35N7O4S/c1-21-26(22(2)40-34-21)12-16-31-29(37)23-9-7-17-35(41(38,39)25-10-4-3-5-11-25)18-14-27-32-33-28(36(27)19-13-23)24-8-6-15-30-20-24/h3-6,8,10-11,15,20,23H,7,9,12-14,16-19H2,1-2H3,(H,31,37). The van der Waals surface area contributed by atoms with Crippen molar-refractivity contribution in [1.29, 1.82) is 0 Å². The minimum atomic E-state index is -3.72. The number of hydrogen-bond donors (Lipinski definition) is 1. The number of nitrogens with zero attached hydrogens (tertiary/aromatic N) is 6. The highest BCUT2D eigenvalue weighted by atomic mass is 32.2. The Morgan fingerprint density at radius 1 is 1.05 bits per heavy atom. The Balaban J connectivity index is 1.39. The van der Waals surface area contributed by atoms with E-state index in [1.54, 1.807) is 42.7 Å². The van der Waals surface area contributed by atoms with Crippen molar-refractivity contribution in [2.75, 3.05) is 19.6 Å². The average Bonchev–Trinajstić information content (AvgIpc) is 3.53. The highest BCUT2D eigenvalue weighted by molar-refractivity contribution is 7.89. The van der Waals surface area contributed by atoms with Gasteiger partial charge in [0.25, 0.3) is 0 Å². The van der Waals surface area contributed by atoms with Gasteiger partial charge in [0.15, 0.2) is 5.82 Å². The molecule has 1 atom stereocenters. The largest absolute Gasteiger partial charge is 0.361 e. The smallest absolute Gasteiger partial charge is 0.243 e. The molecular formula is C29H35N7O4S. The molecule has 1 unspecified atom stereocenters. The molecule has 0 fully saturated rings. The van der Waals surface area contributed by atoms with Gasteiger partial charge in [-0.15, -0.1) is 10.2 Å². The van der Waals surface area contributed by atoms with Crippen LogP contribution in [0.1, 0.15) is 42.1 Å². The van der Waals surface area contributed by atoms with Crippen LogP contribution in [0.15, 0.2) is 64.3 Å². The first-order valence-electron chi connectivity index (χ1n) is 13.9. The molecule has 0 aliphatic carbocycles. The normalized spacial score (nSPS) is 17.0. The molecule has 12 heteroatoms. The summed E-state index contributed by atoms with van der Waals surface area (Å²) in [5, 5.41) is 16.0. The van der Waals surface area contributed by atoms with Gasteiger partial charge in [0.05, 0.1) is 10.6 Å². The Bertz CT molecular complexity index is 1550. The number of nitrogens with one attached hydrogen (secondary N) is 1. The molecule has 0 radical (unpaired) electrons. The average molecular weight is 578 g/mol. The third-order valence-electron chi connectivity index (χ3n) is 7.60. The summed E-state index contributed by atoms with van der Waals surface area (Å²) >= 11 is 0. The number of sulfonamides is 1. The fourth-order valence-electron chi connectivity index (χ4n) is 5.30. The van der Waals surface area contributed by atoms with Crippen molar-refractivity contribution < 1.29 is 17.7 Å². The predicted molar refractivity (Wildman–Crippen MR) is 152 cm³/mol. The van der Waals surface area contributed by atoms with Crippen LogP contribution in [0, 0.1) is 19.8 Å². The fourth-order valence-corrected chi connectivity index (χ4v) is 6.80. The van der Waals surface area contributed by atoms with Crippen molar-refractivity contribution in [3.8, 4) is 11.4 Å². The second-order valence-corrected chi connectivity index (χ2v) is 12.2. The Hall–Kier alpha value is -3.90. The molecule has 5 rings (SSSR count). The maximum absolute atomic E-state index is 13.6. The second kappa shape index (κ2) is 12.7. The third kappa shape index (κ3) is 6.54. The molecule has 0 bridgehead atoms. The lowest BCUT2D eigenvalue weighted by Gasteiger charge is -2.22. The molecule has 1 aromatic carbocycles. The molecule has 0 spiro atoms. The van der Waals surface area contributed by atoms with E-state index in [2.05, 4.69) is 25.7 Å². The number of carbonyl (C=O) groups excluding carboxylic acids is 1. The first kappa shape index (κ1) is 28.6. The maximum Gasteiger partial charge on any atom is 0.243 e. The number of aromatic nitrogens is 5. The van der Waals surface area contributed by atoms with Gasteiger partial charge in [0.1, 0.15) is 11.6 Å². The molecule has 0 saturated carbocycles. The predicted octanol–water partition coefficient (Wildman–Crippen LogP) is 3.34. The number of rotatable bonds is 7. The number of hydrogen-bond acceptors (Lipinski definition) is 8. The lowest BCUT2D eigenvalue weighted by Crippen LogP contribution is -2.35. The minimum Gasteiger partial charge on any atom is -0.361 e. The zero-order chi connectivity index (χ0) is 28.8. The van der Waals surface area contributed by atoms with Crippen LogP contribution in [-0.2, 0) is 34.2 Å². The summed E-state index contributed by atoms with van der Waals surface area (Å²) in [5.74, 6) is 1.73. The van der Waals surface area contributed by atoms with Crippen molar-refractivity contribution in [3.05, 3.63) is 77.7 Å². The summed E-state index contributed by atoms with van der Waals surface area (Å²) in [4.78, 5) is 17.9. The molecule has 1 aliphatic rings. The summed E-state index contributed by atoms with van der Waals surface area (Å²) in [5.41, 5.74) is 2.65. The van der Waals surface area contributed by atoms with E-state index in [0.29, 0.717) is 63.4 Å². The molecule has 1 N–H and O–H groups in total. The molecule has 11 nitrogen and oxygen atoms in total. The number of amides is 1. The van der Waals surface area contributed by atoms with Crippen molar-refractivity contribution >= 4 is 15.9 Å². The highest BCUT2D eigenvalue weighted by Crippen LogP contribution is 2.24. The van der Waals surface area contributed by atoms with Gasteiger partial charge in [-0.05, 0) is 63.8 Å². The molecule has 41 heavy (non-hydrogen) atoms. The van der Waals surface area contributed by atoms with Crippen LogP contribution < -0.4 is 5.32 Å². The van der Waals surface area contributed by atoms with E-state index in [0.717, 1.165) is 22.6 Å². The summed E-state index contributed by atoms with van der Waals surface area (Å²) in [7, 11) is -3.72. The number of carbonyl (C=O) groups is 1. The van der Waals surface area contributed by atoms with E-state index < -0.39 is 10.0 Å². The summed E-state index contributed by atoms with van der Waals surface area (Å²) in [6.45, 7) is 5.32. The van der Waals surface area contributed by atoms with Crippen molar-refractivity contribution in [2.24, 2.45) is 5.92 Å². The summed E-state index contributed by atoms with van der Waals surface area (Å²) < 4.78 is 35.9. The van der Waals surface area contributed by atoms with Crippen LogP contribution in [0.2, 0.25) is 0 Å². The Morgan fingerprint density at radius 3 is 2.61 bits per heavy atom. The van der Waals surface area contributed by atoms with Crippen LogP contribution in [0.25, 0.3) is 11.4 Å². The van der Waals surface area contributed by atoms with E-state index in [1.807, 2.05) is 30.5 Å². The van der Waals surface area contributed by atoms with Crippen LogP contribution in [-0.4, -0.2) is 63.2 Å². The van der Waals surface area contributed by atoms with Crippen LogP contribution in [0.5, 0.6) is 0 Å². The molecule has 4 heterocycles. The van der Waals surface area contributed by atoms with Gasteiger partial charge in [-0.2, -0.15) is 4.31 Å². The Kier molecular flexibility index (Phi) is 8.89. The first-order chi connectivity index (χ1) is 19.8. The van der Waals surface area contributed by atoms with Crippen LogP contribution in [0.3, 0.4) is 0 Å². The minimum absolute atomic E-state index is 0.0500. The molecule has 3 aromatic heterocycles. The quantitative estimate of drug-likeness (QED) is 0.353. The zero-order valence-corrected chi connectivity index (χ0v) is 24.2. The molecule has 216 valence electrons. The van der Waals surface area contributed by atoms with Crippen LogP contribution >= 0.6 is 0 Å². The lowest BCUT2D eigenvalue weighted by molar-refractivity contribution is -0.125. The Labute approximate surface area is 240 Å². The molecule has 1 aliphatic heterocycles. The second-order valence-electron chi connectivity index (χ2n) is 10.3. The first-order valence-corrected chi connectivity index (χ1v) is 15.4. The van der Waals surface area contributed by atoms with E-state index in [4.69, 9.17) is 4.52 Å². The summed E-state index contributed by atoms with van der Waals surface area (Å²) in [6, 6.07) is 12.2. The van der Waals surface area contributed by atoms with Gasteiger partial charge in [-0.3, -0.25) is 9.78 Å². The number of aryl methyl sites for hydroxylation is 2. The van der Waals surface area contributed by atoms with E-state index in [1.165, 1.54) is 4.31 Å². The SMILES string of the molecule is Cc1noc(C)c1CCNC(=O)C1CCCN(S(=O)(=O)c2ccccc2)CCc2nnc(-c3cccnc3)n2CC1. The molecule has 4 aromatic rings. The topological polar surface area (TPSA) is 136 Å².